The fraction of sp³-hybridized carbons (Fsp3) is 0.125. The topological polar surface area (TPSA) is 58.5 Å². The Hall–Kier alpha value is -2.25. The van der Waals surface area contributed by atoms with Gasteiger partial charge in [-0.1, -0.05) is 47.7 Å². The van der Waals surface area contributed by atoms with E-state index in [9.17, 15) is 4.79 Å². The van der Waals surface area contributed by atoms with E-state index in [1.165, 1.54) is 23.1 Å². The first-order chi connectivity index (χ1) is 11.2. The minimum absolute atomic E-state index is 0.0706. The fourth-order valence-electron chi connectivity index (χ4n) is 2.00. The van der Waals surface area contributed by atoms with E-state index in [-0.39, 0.29) is 5.91 Å². The standard InChI is InChI=1S/C16H14N4OS2/c1-3-9-20-14(21)13(10-12-7-5-4-6-8-12)23-16(20)17-15-19-18-11(2)22-15/h3-8,10H,1,9H2,2H3/b13-10-,17-16+. The first kappa shape index (κ1) is 15.6. The van der Waals surface area contributed by atoms with Gasteiger partial charge in [-0.25, -0.2) is 0 Å². The molecule has 3 rings (SSSR count). The van der Waals surface area contributed by atoms with Gasteiger partial charge >= 0.3 is 0 Å². The van der Waals surface area contributed by atoms with Crippen molar-refractivity contribution in [1.29, 1.82) is 0 Å². The molecule has 1 aromatic heterocycles. The first-order valence-electron chi connectivity index (χ1n) is 6.93. The molecule has 1 saturated heterocycles. The van der Waals surface area contributed by atoms with Crippen molar-refractivity contribution in [1.82, 2.24) is 15.1 Å². The number of amides is 1. The first-order valence-corrected chi connectivity index (χ1v) is 8.57. The van der Waals surface area contributed by atoms with Gasteiger partial charge in [0.05, 0.1) is 4.91 Å². The summed E-state index contributed by atoms with van der Waals surface area (Å²) in [4.78, 5) is 19.3. The van der Waals surface area contributed by atoms with Crippen molar-refractivity contribution in [2.45, 2.75) is 6.92 Å². The third kappa shape index (κ3) is 3.57. The summed E-state index contributed by atoms with van der Waals surface area (Å²) < 4.78 is 0. The van der Waals surface area contributed by atoms with Crippen LogP contribution in [0.3, 0.4) is 0 Å². The molecule has 0 aliphatic carbocycles. The summed E-state index contributed by atoms with van der Waals surface area (Å²) in [6.07, 6.45) is 3.56. The second-order valence-electron chi connectivity index (χ2n) is 4.72. The number of carbonyl (C=O) groups excluding carboxylic acids is 1. The number of carbonyl (C=O) groups is 1. The molecule has 0 bridgehead atoms. The van der Waals surface area contributed by atoms with Crippen LogP contribution in [0, 0.1) is 6.92 Å². The Morgan fingerprint density at radius 2 is 2.09 bits per heavy atom. The Bertz CT molecular complexity index is 795. The number of aryl methyl sites for hydroxylation is 1. The van der Waals surface area contributed by atoms with E-state index in [4.69, 9.17) is 0 Å². The molecule has 1 amide bonds. The summed E-state index contributed by atoms with van der Waals surface area (Å²) in [5, 5.41) is 9.94. The molecule has 0 unspecified atom stereocenters. The molecule has 23 heavy (non-hydrogen) atoms. The van der Waals surface area contributed by atoms with Gasteiger partial charge in [-0.05, 0) is 30.3 Å². The van der Waals surface area contributed by atoms with Crippen LogP contribution in [0.25, 0.3) is 6.08 Å². The molecular weight excluding hydrogens is 328 g/mol. The molecule has 0 saturated carbocycles. The highest BCUT2D eigenvalue weighted by Crippen LogP contribution is 2.34. The Morgan fingerprint density at radius 3 is 2.74 bits per heavy atom. The molecule has 0 radical (unpaired) electrons. The van der Waals surface area contributed by atoms with Gasteiger partial charge in [0.1, 0.15) is 5.01 Å². The van der Waals surface area contributed by atoms with Crippen molar-refractivity contribution >= 4 is 45.4 Å². The van der Waals surface area contributed by atoms with Crippen molar-refractivity contribution in [2.75, 3.05) is 6.54 Å². The number of thioether (sulfide) groups is 1. The lowest BCUT2D eigenvalue weighted by molar-refractivity contribution is -0.121. The quantitative estimate of drug-likeness (QED) is 0.629. The highest BCUT2D eigenvalue weighted by molar-refractivity contribution is 8.18. The third-order valence-electron chi connectivity index (χ3n) is 3.00. The van der Waals surface area contributed by atoms with Crippen molar-refractivity contribution in [3.8, 4) is 0 Å². The Morgan fingerprint density at radius 1 is 1.30 bits per heavy atom. The van der Waals surface area contributed by atoms with Crippen LogP contribution in [0.2, 0.25) is 0 Å². The zero-order valence-corrected chi connectivity index (χ0v) is 14.1. The smallest absolute Gasteiger partial charge is 0.267 e. The van der Waals surface area contributed by atoms with Gasteiger partial charge in [0.25, 0.3) is 5.91 Å². The van der Waals surface area contributed by atoms with Gasteiger partial charge in [-0.15, -0.1) is 16.8 Å². The molecule has 2 heterocycles. The van der Waals surface area contributed by atoms with E-state index in [1.54, 1.807) is 11.0 Å². The number of rotatable bonds is 4. The van der Waals surface area contributed by atoms with Crippen molar-refractivity contribution in [3.63, 3.8) is 0 Å². The summed E-state index contributed by atoms with van der Waals surface area (Å²) in [6, 6.07) is 9.75. The van der Waals surface area contributed by atoms with Crippen LogP contribution in [0.4, 0.5) is 5.13 Å². The molecule has 5 nitrogen and oxygen atoms in total. The average molecular weight is 342 g/mol. The molecule has 116 valence electrons. The van der Waals surface area contributed by atoms with E-state index in [2.05, 4.69) is 21.8 Å². The van der Waals surface area contributed by atoms with Crippen molar-refractivity contribution < 1.29 is 4.79 Å². The third-order valence-corrected chi connectivity index (χ3v) is 4.74. The Kier molecular flexibility index (Phi) is 4.68. The molecule has 1 aliphatic rings. The number of nitrogens with zero attached hydrogens (tertiary/aromatic N) is 4. The van der Waals surface area contributed by atoms with E-state index < -0.39 is 0 Å². The Labute approximate surface area is 142 Å². The average Bonchev–Trinajstić information content (AvgIpc) is 3.08. The number of hydrogen-bond donors (Lipinski definition) is 0. The number of hydrogen-bond acceptors (Lipinski definition) is 6. The fourth-order valence-corrected chi connectivity index (χ4v) is 3.60. The molecule has 1 aromatic carbocycles. The van der Waals surface area contributed by atoms with Gasteiger partial charge in [-0.3, -0.25) is 9.69 Å². The normalized spacial score (nSPS) is 18.1. The molecular formula is C16H14N4OS2. The summed E-state index contributed by atoms with van der Waals surface area (Å²) in [7, 11) is 0. The van der Waals surface area contributed by atoms with Crippen LogP contribution < -0.4 is 0 Å². The van der Waals surface area contributed by atoms with Crippen LogP contribution >= 0.6 is 23.1 Å². The molecule has 1 fully saturated rings. The summed E-state index contributed by atoms with van der Waals surface area (Å²) in [5.41, 5.74) is 0.981. The lowest BCUT2D eigenvalue weighted by Crippen LogP contribution is -2.29. The SMILES string of the molecule is C=CCN1C(=O)/C(=C/c2ccccc2)S/C1=N/c1nnc(C)s1. The van der Waals surface area contributed by atoms with Gasteiger partial charge in [0, 0.05) is 6.54 Å². The maximum absolute atomic E-state index is 12.6. The predicted octanol–water partition coefficient (Wildman–Crippen LogP) is 3.64. The van der Waals surface area contributed by atoms with Gasteiger partial charge in [0.2, 0.25) is 5.13 Å². The number of aliphatic imine (C=N–C) groups is 1. The molecule has 0 spiro atoms. The highest BCUT2D eigenvalue weighted by atomic mass is 32.2. The maximum atomic E-state index is 12.6. The Balaban J connectivity index is 1.94. The zero-order valence-electron chi connectivity index (χ0n) is 12.5. The van der Waals surface area contributed by atoms with Crippen molar-refractivity contribution in [3.05, 3.63) is 58.5 Å². The highest BCUT2D eigenvalue weighted by Gasteiger charge is 2.32. The van der Waals surface area contributed by atoms with Crippen LogP contribution in [-0.2, 0) is 4.79 Å². The van der Waals surface area contributed by atoms with E-state index in [1.807, 2.05) is 43.3 Å². The second kappa shape index (κ2) is 6.89. The van der Waals surface area contributed by atoms with E-state index >= 15 is 0 Å². The number of benzene rings is 1. The predicted molar refractivity (Wildman–Crippen MR) is 95.7 cm³/mol. The van der Waals surface area contributed by atoms with E-state index in [0.717, 1.165) is 10.6 Å². The zero-order chi connectivity index (χ0) is 16.2. The van der Waals surface area contributed by atoms with Crippen LogP contribution in [0.5, 0.6) is 0 Å². The largest absolute Gasteiger partial charge is 0.282 e. The van der Waals surface area contributed by atoms with Crippen LogP contribution in [0.15, 0.2) is 52.9 Å². The number of aromatic nitrogens is 2. The van der Waals surface area contributed by atoms with Gasteiger partial charge in [0.15, 0.2) is 5.17 Å². The summed E-state index contributed by atoms with van der Waals surface area (Å²) in [6.45, 7) is 5.99. The maximum Gasteiger partial charge on any atom is 0.267 e. The molecule has 2 aromatic rings. The lowest BCUT2D eigenvalue weighted by atomic mass is 10.2. The van der Waals surface area contributed by atoms with Crippen LogP contribution in [-0.4, -0.2) is 32.7 Å². The summed E-state index contributed by atoms with van der Waals surface area (Å²) in [5.74, 6) is -0.0706. The molecule has 0 atom stereocenters. The second-order valence-corrected chi connectivity index (χ2v) is 6.89. The minimum atomic E-state index is -0.0706. The summed E-state index contributed by atoms with van der Waals surface area (Å²) >= 11 is 2.74. The minimum Gasteiger partial charge on any atom is -0.282 e. The van der Waals surface area contributed by atoms with E-state index in [0.29, 0.717) is 21.7 Å². The van der Waals surface area contributed by atoms with Gasteiger partial charge in [-0.2, -0.15) is 4.99 Å². The molecule has 7 heteroatoms. The lowest BCUT2D eigenvalue weighted by Gasteiger charge is -2.11. The van der Waals surface area contributed by atoms with Crippen LogP contribution in [0.1, 0.15) is 10.6 Å². The molecule has 0 N–H and O–H groups in total. The van der Waals surface area contributed by atoms with Crippen molar-refractivity contribution in [2.24, 2.45) is 4.99 Å². The number of amidine groups is 1. The van der Waals surface area contributed by atoms with Gasteiger partial charge < -0.3 is 0 Å². The monoisotopic (exact) mass is 342 g/mol. The molecule has 1 aliphatic heterocycles.